The van der Waals surface area contributed by atoms with Crippen molar-refractivity contribution in [3.05, 3.63) is 132 Å². The quantitative estimate of drug-likeness (QED) is 0.167. The van der Waals surface area contributed by atoms with Crippen molar-refractivity contribution in [1.29, 1.82) is 0 Å². The summed E-state index contributed by atoms with van der Waals surface area (Å²) in [4.78, 5) is 22.7. The Morgan fingerprint density at radius 2 is 1.20 bits per heavy atom. The molecule has 6 rings (SSSR count). The van der Waals surface area contributed by atoms with Crippen LogP contribution in [0.4, 0.5) is 11.4 Å². The number of anilines is 2. The van der Waals surface area contributed by atoms with Crippen molar-refractivity contribution < 1.29 is 23.7 Å². The first kappa shape index (κ1) is 35.9. The number of aromatic carboxylic acids is 1. The molecule has 256 valence electrons. The average Bonchev–Trinajstić information content (AvgIpc) is 3.86. The smallest absolute Gasteiger partial charge is 0.358 e. The van der Waals surface area contributed by atoms with Crippen molar-refractivity contribution in [3.8, 4) is 0 Å². The molecule has 4 aromatic heterocycles. The third kappa shape index (κ3) is 11.1. The molecule has 2 aromatic carbocycles. The normalized spacial score (nSPS) is 11.1. The summed E-state index contributed by atoms with van der Waals surface area (Å²) >= 11 is 0. The van der Waals surface area contributed by atoms with E-state index in [9.17, 15) is 9.59 Å². The molecule has 0 radical (unpaired) electrons. The Morgan fingerprint density at radius 1 is 0.735 bits per heavy atom. The predicted octanol–water partition coefficient (Wildman–Crippen LogP) is 6.65. The Balaban J connectivity index is 0.000000182. The lowest BCUT2D eigenvalue weighted by Crippen LogP contribution is -2.12. The molecule has 4 heterocycles. The molecule has 0 saturated carbocycles. The van der Waals surface area contributed by atoms with Crippen LogP contribution >= 0.6 is 0 Å². The molecule has 0 aliphatic carbocycles. The first-order valence-corrected chi connectivity index (χ1v) is 15.5. The van der Waals surface area contributed by atoms with Crippen LogP contribution in [0.2, 0.25) is 0 Å². The maximum Gasteiger partial charge on any atom is 0.358 e. The summed E-state index contributed by atoms with van der Waals surface area (Å²) in [7, 11) is 0. The zero-order valence-electron chi connectivity index (χ0n) is 28.5. The molecule has 13 heteroatoms. The minimum absolute atomic E-state index is 0.0417. The van der Waals surface area contributed by atoms with Crippen LogP contribution in [-0.2, 0) is 23.9 Å². The van der Waals surface area contributed by atoms with Gasteiger partial charge in [0.1, 0.15) is 11.5 Å². The molecule has 6 aromatic rings. The fourth-order valence-electron chi connectivity index (χ4n) is 4.18. The number of nitrogens with one attached hydrogen (secondary N) is 1. The number of carbonyl (C=O) groups excluding carboxylic acids is 1. The number of nitrogen functional groups attached to an aromatic ring is 1. The first-order chi connectivity index (χ1) is 23.2. The lowest BCUT2D eigenvalue weighted by Gasteiger charge is -2.12. The second kappa shape index (κ2) is 15.7. The molecule has 0 unspecified atom stereocenters. The van der Waals surface area contributed by atoms with Gasteiger partial charge in [-0.15, -0.1) is 0 Å². The number of carboxylic acids is 1. The number of nitrogens with two attached hydrogens (primary N) is 1. The topological polar surface area (TPSA) is 180 Å². The van der Waals surface area contributed by atoms with Gasteiger partial charge in [-0.25, -0.2) is 4.79 Å². The van der Waals surface area contributed by atoms with E-state index in [0.717, 1.165) is 12.1 Å². The highest BCUT2D eigenvalue weighted by atomic mass is 16.5. The third-order valence-corrected chi connectivity index (χ3v) is 6.87. The van der Waals surface area contributed by atoms with Crippen LogP contribution < -0.4 is 11.1 Å². The Labute approximate surface area is 284 Å². The number of benzene rings is 2. The van der Waals surface area contributed by atoms with Gasteiger partial charge < -0.3 is 25.2 Å². The molecule has 0 aliphatic rings. The number of hydrogen-bond donors (Lipinski definition) is 3. The second-order valence-corrected chi connectivity index (χ2v) is 13.3. The van der Waals surface area contributed by atoms with Gasteiger partial charge in [-0.3, -0.25) is 14.2 Å². The summed E-state index contributed by atoms with van der Waals surface area (Å²) < 4.78 is 13.7. The highest BCUT2D eigenvalue weighted by Gasteiger charge is 2.23. The largest absolute Gasteiger partial charge is 0.476 e. The molecule has 0 bridgehead atoms. The van der Waals surface area contributed by atoms with Crippen LogP contribution in [0.15, 0.2) is 107 Å². The van der Waals surface area contributed by atoms with Gasteiger partial charge in [0.2, 0.25) is 0 Å². The lowest BCUT2D eigenvalue weighted by molar-refractivity contribution is 0.0685. The number of rotatable bonds is 7. The van der Waals surface area contributed by atoms with Gasteiger partial charge in [-0.2, -0.15) is 10.2 Å². The summed E-state index contributed by atoms with van der Waals surface area (Å²) in [5, 5.41) is 26.9. The third-order valence-electron chi connectivity index (χ3n) is 6.87. The summed E-state index contributed by atoms with van der Waals surface area (Å²) in [5.74, 6) is -0.116. The Bertz CT molecular complexity index is 1930. The minimum Gasteiger partial charge on any atom is -0.476 e. The zero-order valence-corrected chi connectivity index (χ0v) is 28.5. The van der Waals surface area contributed by atoms with Gasteiger partial charge >= 0.3 is 5.97 Å². The van der Waals surface area contributed by atoms with Crippen LogP contribution in [-0.4, -0.2) is 46.9 Å². The number of amides is 1. The lowest BCUT2D eigenvalue weighted by atomic mass is 9.93. The van der Waals surface area contributed by atoms with Crippen molar-refractivity contribution >= 4 is 23.3 Å². The highest BCUT2D eigenvalue weighted by molar-refractivity contribution is 6.02. The van der Waals surface area contributed by atoms with Crippen molar-refractivity contribution in [2.24, 2.45) is 0 Å². The summed E-state index contributed by atoms with van der Waals surface area (Å²) in [5.41, 5.74) is 9.08. The van der Waals surface area contributed by atoms with E-state index in [-0.39, 0.29) is 28.1 Å². The number of hydrogen-bond acceptors (Lipinski definition) is 9. The van der Waals surface area contributed by atoms with E-state index in [1.165, 1.54) is 11.6 Å². The fourth-order valence-corrected chi connectivity index (χ4v) is 4.18. The SMILES string of the molecule is CC(C)(C)c1cc(C(=O)Nc2cnn(Cc3ccccc3)c2)no1.CC(C)(C)c1cc(C(=O)O)no1.Nc1cnn(Cc2ccccc2)c1. The molecule has 1 amide bonds. The van der Waals surface area contributed by atoms with Gasteiger partial charge in [0.25, 0.3) is 5.91 Å². The van der Waals surface area contributed by atoms with Crippen LogP contribution in [0.25, 0.3) is 0 Å². The standard InChI is InChI=1S/C18H20N4O2.C10H11N3.C8H11NO3/c1-18(2,3)16-9-15(21-24-16)17(23)20-14-10-19-22(12-14)11-13-7-5-4-6-8-13;11-10-6-12-13(8-10)7-9-4-2-1-3-5-9;1-8(2,3)6-4-5(7(10)11)9-12-6/h4-10,12H,11H2,1-3H3,(H,20,23);1-6,8H,7,11H2;4H,1-3H3,(H,10,11). The van der Waals surface area contributed by atoms with Crippen molar-refractivity contribution in [1.82, 2.24) is 29.9 Å². The van der Waals surface area contributed by atoms with Gasteiger partial charge in [0, 0.05) is 35.4 Å². The van der Waals surface area contributed by atoms with E-state index in [0.29, 0.717) is 29.4 Å². The van der Waals surface area contributed by atoms with Crippen LogP contribution in [0.3, 0.4) is 0 Å². The highest BCUT2D eigenvalue weighted by Crippen LogP contribution is 2.23. The van der Waals surface area contributed by atoms with E-state index >= 15 is 0 Å². The second-order valence-electron chi connectivity index (χ2n) is 13.3. The number of aromatic nitrogens is 6. The molecule has 0 fully saturated rings. The minimum atomic E-state index is -1.06. The van der Waals surface area contributed by atoms with Gasteiger partial charge in [-0.1, -0.05) is 113 Å². The number of carboxylic acid groups (broad SMARTS) is 1. The fraction of sp³-hybridized carbons (Fsp3) is 0.278. The summed E-state index contributed by atoms with van der Waals surface area (Å²) in [6.45, 7) is 13.2. The Hall–Kier alpha value is -5.98. The monoisotopic (exact) mass is 666 g/mol. The summed E-state index contributed by atoms with van der Waals surface area (Å²) in [6.07, 6.45) is 6.89. The van der Waals surface area contributed by atoms with Gasteiger partial charge in [-0.05, 0) is 11.1 Å². The van der Waals surface area contributed by atoms with Gasteiger partial charge in [0.15, 0.2) is 11.4 Å². The maximum atomic E-state index is 12.3. The predicted molar refractivity (Wildman–Crippen MR) is 185 cm³/mol. The van der Waals surface area contributed by atoms with Gasteiger partial charge in [0.05, 0.1) is 36.9 Å². The first-order valence-electron chi connectivity index (χ1n) is 15.5. The molecule has 4 N–H and O–H groups in total. The molecular formula is C36H42N8O5. The molecule has 0 saturated heterocycles. The number of nitrogens with zero attached hydrogens (tertiary/aromatic N) is 6. The average molecular weight is 667 g/mol. The van der Waals surface area contributed by atoms with Crippen molar-refractivity contribution in [3.63, 3.8) is 0 Å². The molecule has 0 spiro atoms. The van der Waals surface area contributed by atoms with Crippen LogP contribution in [0.5, 0.6) is 0 Å². The van der Waals surface area contributed by atoms with E-state index in [1.54, 1.807) is 29.3 Å². The summed E-state index contributed by atoms with van der Waals surface area (Å²) in [6, 6.07) is 23.3. The van der Waals surface area contributed by atoms with E-state index in [2.05, 4.69) is 38.0 Å². The van der Waals surface area contributed by atoms with Crippen LogP contribution in [0, 0.1) is 0 Å². The van der Waals surface area contributed by atoms with E-state index < -0.39 is 5.97 Å². The molecular weight excluding hydrogens is 624 g/mol. The molecule has 49 heavy (non-hydrogen) atoms. The Morgan fingerprint density at radius 3 is 1.63 bits per heavy atom. The van der Waals surface area contributed by atoms with Crippen molar-refractivity contribution in [2.45, 2.75) is 65.5 Å². The maximum absolute atomic E-state index is 12.3. The zero-order chi connectivity index (χ0) is 35.6. The van der Waals surface area contributed by atoms with Crippen molar-refractivity contribution in [2.75, 3.05) is 11.1 Å². The van der Waals surface area contributed by atoms with E-state index in [1.807, 2.05) is 101 Å². The molecule has 0 atom stereocenters. The number of carbonyl (C=O) groups is 2. The molecule has 13 nitrogen and oxygen atoms in total. The Kier molecular flexibility index (Phi) is 11.5. The van der Waals surface area contributed by atoms with Crippen LogP contribution in [0.1, 0.15) is 85.2 Å². The molecule has 0 aliphatic heterocycles. The van der Waals surface area contributed by atoms with E-state index in [4.69, 9.17) is 19.9 Å².